The van der Waals surface area contributed by atoms with Crippen molar-refractivity contribution in [3.63, 3.8) is 0 Å². The highest BCUT2D eigenvalue weighted by atomic mass is 19.1. The highest BCUT2D eigenvalue weighted by molar-refractivity contribution is 5.82. The molecule has 0 saturated heterocycles. The van der Waals surface area contributed by atoms with E-state index in [1.807, 2.05) is 0 Å². The smallest absolute Gasteiger partial charge is 0.277 e. The van der Waals surface area contributed by atoms with Crippen LogP contribution in [0.5, 0.6) is 11.5 Å². The first kappa shape index (κ1) is 15.5. The lowest BCUT2D eigenvalue weighted by Crippen LogP contribution is -2.24. The van der Waals surface area contributed by atoms with Gasteiger partial charge in [-0.3, -0.25) is 4.79 Å². The maximum absolute atomic E-state index is 13.0. The molecule has 2 rings (SSSR count). The maximum atomic E-state index is 13.0. The first-order valence-electron chi connectivity index (χ1n) is 6.52. The number of hydrazone groups is 1. The number of rotatable bonds is 6. The van der Waals surface area contributed by atoms with Crippen molar-refractivity contribution in [3.8, 4) is 11.5 Å². The van der Waals surface area contributed by atoms with Gasteiger partial charge in [0.2, 0.25) is 0 Å². The Hall–Kier alpha value is -2.89. The van der Waals surface area contributed by atoms with E-state index in [2.05, 4.69) is 10.5 Å². The van der Waals surface area contributed by atoms with E-state index in [0.717, 1.165) is 0 Å². The molecular weight excluding hydrogens is 287 g/mol. The fourth-order valence-corrected chi connectivity index (χ4v) is 1.68. The molecule has 0 aliphatic carbocycles. The first-order valence-corrected chi connectivity index (χ1v) is 6.52. The molecule has 2 aromatic rings. The summed E-state index contributed by atoms with van der Waals surface area (Å²) in [7, 11) is 1.52. The Morgan fingerprint density at radius 1 is 1.23 bits per heavy atom. The van der Waals surface area contributed by atoms with Gasteiger partial charge in [-0.25, -0.2) is 9.82 Å². The Morgan fingerprint density at radius 2 is 2.00 bits per heavy atom. The normalized spacial score (nSPS) is 10.5. The quantitative estimate of drug-likeness (QED) is 0.658. The van der Waals surface area contributed by atoms with Gasteiger partial charge in [-0.05, 0) is 29.8 Å². The van der Waals surface area contributed by atoms with Gasteiger partial charge in [0.05, 0.1) is 13.3 Å². The number of methoxy groups -OCH3 is 1. The summed E-state index contributed by atoms with van der Waals surface area (Å²) < 4.78 is 23.4. The number of benzene rings is 2. The molecule has 114 valence electrons. The molecule has 0 saturated carbocycles. The molecule has 1 N–H and O–H groups in total. The van der Waals surface area contributed by atoms with E-state index in [4.69, 9.17) is 9.47 Å². The molecule has 5 nitrogen and oxygen atoms in total. The molecule has 0 unspecified atom stereocenters. The zero-order valence-corrected chi connectivity index (χ0v) is 12.0. The van der Waals surface area contributed by atoms with E-state index < -0.39 is 5.91 Å². The highest BCUT2D eigenvalue weighted by Crippen LogP contribution is 2.25. The number of carbonyl (C=O) groups is 1. The van der Waals surface area contributed by atoms with E-state index in [1.54, 1.807) is 36.4 Å². The molecule has 0 spiro atoms. The zero-order chi connectivity index (χ0) is 15.8. The van der Waals surface area contributed by atoms with Crippen molar-refractivity contribution in [2.75, 3.05) is 13.7 Å². The van der Waals surface area contributed by atoms with Crippen LogP contribution in [0.15, 0.2) is 53.6 Å². The van der Waals surface area contributed by atoms with E-state index in [-0.39, 0.29) is 12.4 Å². The van der Waals surface area contributed by atoms with Crippen LogP contribution >= 0.6 is 0 Å². The van der Waals surface area contributed by atoms with Crippen molar-refractivity contribution in [2.45, 2.75) is 0 Å². The average molecular weight is 302 g/mol. The molecule has 6 heteroatoms. The number of halogens is 1. The van der Waals surface area contributed by atoms with E-state index >= 15 is 0 Å². The lowest BCUT2D eigenvalue weighted by molar-refractivity contribution is -0.123. The second-order valence-corrected chi connectivity index (χ2v) is 4.29. The van der Waals surface area contributed by atoms with Crippen molar-refractivity contribution in [1.29, 1.82) is 0 Å². The summed E-state index contributed by atoms with van der Waals surface area (Å²) in [5.74, 6) is 0.209. The van der Waals surface area contributed by atoms with Gasteiger partial charge in [-0.15, -0.1) is 0 Å². The molecule has 1 amide bonds. The van der Waals surface area contributed by atoms with Gasteiger partial charge in [0, 0.05) is 0 Å². The second-order valence-electron chi connectivity index (χ2n) is 4.29. The maximum Gasteiger partial charge on any atom is 0.277 e. The van der Waals surface area contributed by atoms with Gasteiger partial charge >= 0.3 is 0 Å². The van der Waals surface area contributed by atoms with Crippen molar-refractivity contribution < 1.29 is 18.7 Å². The lowest BCUT2D eigenvalue weighted by atomic mass is 10.2. The molecule has 0 fully saturated rings. The third-order valence-corrected chi connectivity index (χ3v) is 2.68. The zero-order valence-electron chi connectivity index (χ0n) is 12.0. The molecule has 0 aliphatic rings. The summed E-state index contributed by atoms with van der Waals surface area (Å²) in [4.78, 5) is 11.6. The molecule has 0 heterocycles. The van der Waals surface area contributed by atoms with Crippen LogP contribution in [0.1, 0.15) is 5.56 Å². The third-order valence-electron chi connectivity index (χ3n) is 2.68. The number of hydrogen-bond acceptors (Lipinski definition) is 4. The number of nitrogens with one attached hydrogen (secondary N) is 1. The minimum Gasteiger partial charge on any atom is -0.493 e. The van der Waals surface area contributed by atoms with Gasteiger partial charge < -0.3 is 9.47 Å². The van der Waals surface area contributed by atoms with Gasteiger partial charge in [0.25, 0.3) is 5.91 Å². The van der Waals surface area contributed by atoms with Gasteiger partial charge in [-0.1, -0.05) is 24.3 Å². The lowest BCUT2D eigenvalue weighted by Gasteiger charge is -2.09. The Morgan fingerprint density at radius 3 is 2.73 bits per heavy atom. The molecule has 2 aromatic carbocycles. The summed E-state index contributed by atoms with van der Waals surface area (Å²) in [5.41, 5.74) is 2.85. The predicted octanol–water partition coefficient (Wildman–Crippen LogP) is 2.36. The number of hydrogen-bond donors (Lipinski definition) is 1. The van der Waals surface area contributed by atoms with Crippen LogP contribution in [0.25, 0.3) is 0 Å². The summed E-state index contributed by atoms with van der Waals surface area (Å²) in [6.07, 6.45) is 1.35. The molecule has 0 bridgehead atoms. The van der Waals surface area contributed by atoms with Crippen molar-refractivity contribution in [1.82, 2.24) is 5.43 Å². The first-order chi connectivity index (χ1) is 10.7. The van der Waals surface area contributed by atoms with Crippen LogP contribution in [0.3, 0.4) is 0 Å². The van der Waals surface area contributed by atoms with Crippen molar-refractivity contribution in [3.05, 3.63) is 59.9 Å². The van der Waals surface area contributed by atoms with E-state index in [9.17, 15) is 9.18 Å². The van der Waals surface area contributed by atoms with Crippen LogP contribution in [0, 0.1) is 5.82 Å². The Bertz CT molecular complexity index is 674. The Balaban J connectivity index is 1.83. The van der Waals surface area contributed by atoms with E-state index in [0.29, 0.717) is 17.1 Å². The summed E-state index contributed by atoms with van der Waals surface area (Å²) in [6, 6.07) is 12.9. The van der Waals surface area contributed by atoms with Crippen LogP contribution in [-0.4, -0.2) is 25.8 Å². The molecule has 0 atom stereocenters. The monoisotopic (exact) mass is 302 g/mol. The molecule has 0 radical (unpaired) electrons. The number of nitrogens with zero attached hydrogens (tertiary/aromatic N) is 1. The predicted molar refractivity (Wildman–Crippen MR) is 80.6 cm³/mol. The molecule has 0 aliphatic heterocycles. The van der Waals surface area contributed by atoms with Gasteiger partial charge in [-0.2, -0.15) is 5.10 Å². The SMILES string of the molecule is COc1ccccc1OCC(=O)N/N=C\c1cccc(F)c1. The number of ether oxygens (including phenoxy) is 2. The second kappa shape index (κ2) is 7.78. The summed E-state index contributed by atoms with van der Waals surface area (Å²) in [5, 5.41) is 3.74. The van der Waals surface area contributed by atoms with Gasteiger partial charge in [0.1, 0.15) is 5.82 Å². The largest absolute Gasteiger partial charge is 0.493 e. The molecule has 22 heavy (non-hydrogen) atoms. The fourth-order valence-electron chi connectivity index (χ4n) is 1.68. The molecular formula is C16H15FN2O3. The number of carbonyl (C=O) groups excluding carboxylic acids is 1. The van der Waals surface area contributed by atoms with Crippen LogP contribution < -0.4 is 14.9 Å². The number of amides is 1. The third kappa shape index (κ3) is 4.59. The topological polar surface area (TPSA) is 59.9 Å². The summed E-state index contributed by atoms with van der Waals surface area (Å²) >= 11 is 0. The number of para-hydroxylation sites is 2. The minimum atomic E-state index is -0.432. The van der Waals surface area contributed by atoms with Gasteiger partial charge in [0.15, 0.2) is 18.1 Å². The Kier molecular flexibility index (Phi) is 5.48. The van der Waals surface area contributed by atoms with Crippen LogP contribution in [0.4, 0.5) is 4.39 Å². The fraction of sp³-hybridized carbons (Fsp3) is 0.125. The van der Waals surface area contributed by atoms with Crippen molar-refractivity contribution in [2.24, 2.45) is 5.10 Å². The Labute approximate surface area is 127 Å². The molecule has 0 aromatic heterocycles. The highest BCUT2D eigenvalue weighted by Gasteiger charge is 2.05. The minimum absolute atomic E-state index is 0.207. The summed E-state index contributed by atoms with van der Waals surface area (Å²) in [6.45, 7) is -0.207. The van der Waals surface area contributed by atoms with Crippen LogP contribution in [-0.2, 0) is 4.79 Å². The average Bonchev–Trinajstić information content (AvgIpc) is 2.53. The van der Waals surface area contributed by atoms with Crippen LogP contribution in [0.2, 0.25) is 0 Å². The standard InChI is InChI=1S/C16H15FN2O3/c1-21-14-7-2-3-8-15(14)22-11-16(20)19-18-10-12-5-4-6-13(17)9-12/h2-10H,11H2,1H3,(H,19,20)/b18-10-. The van der Waals surface area contributed by atoms with E-state index in [1.165, 1.54) is 25.5 Å². The van der Waals surface area contributed by atoms with Crippen molar-refractivity contribution >= 4 is 12.1 Å².